The molecule has 3 atom stereocenters. The Hall–Kier alpha value is -0.620. The zero-order valence-corrected chi connectivity index (χ0v) is 14.2. The lowest BCUT2D eigenvalue weighted by atomic mass is 9.98. The van der Waals surface area contributed by atoms with Crippen molar-refractivity contribution in [3.05, 3.63) is 32.4 Å². The van der Waals surface area contributed by atoms with Crippen LogP contribution in [0.25, 0.3) is 0 Å². The van der Waals surface area contributed by atoms with Gasteiger partial charge in [-0.05, 0) is 84.4 Å². The number of hydrogen-bond donors (Lipinski definition) is 1. The van der Waals surface area contributed by atoms with E-state index in [2.05, 4.69) is 35.6 Å². The molecule has 108 valence electrons. The Morgan fingerprint density at radius 1 is 1.30 bits per heavy atom. The van der Waals surface area contributed by atoms with Crippen molar-refractivity contribution in [2.45, 2.75) is 32.7 Å². The minimum atomic E-state index is 0.186. The molecular weight excluding hydrogens is 363 g/mol. The van der Waals surface area contributed by atoms with Crippen LogP contribution in [0.15, 0.2) is 12.1 Å². The van der Waals surface area contributed by atoms with Gasteiger partial charge in [0.05, 0.1) is 0 Å². The van der Waals surface area contributed by atoms with E-state index in [9.17, 15) is 4.79 Å². The highest BCUT2D eigenvalue weighted by Gasteiger charge is 2.42. The molecule has 1 aromatic carbocycles. The second-order valence-corrected chi connectivity index (χ2v) is 7.52. The van der Waals surface area contributed by atoms with E-state index in [1.807, 2.05) is 17.9 Å². The molecule has 1 heterocycles. The third-order valence-electron chi connectivity index (χ3n) is 5.06. The highest BCUT2D eigenvalue weighted by Crippen LogP contribution is 2.37. The topological polar surface area (TPSA) is 46.3 Å². The van der Waals surface area contributed by atoms with Gasteiger partial charge in [0.1, 0.15) is 0 Å². The fourth-order valence-corrected chi connectivity index (χ4v) is 4.46. The molecule has 0 radical (unpaired) electrons. The van der Waals surface area contributed by atoms with E-state index in [4.69, 9.17) is 5.73 Å². The van der Waals surface area contributed by atoms with Crippen LogP contribution in [0.1, 0.15) is 34.3 Å². The highest BCUT2D eigenvalue weighted by atomic mass is 127. The Bertz CT molecular complexity index is 558. The Morgan fingerprint density at radius 3 is 2.75 bits per heavy atom. The number of hydrogen-bond acceptors (Lipinski definition) is 2. The highest BCUT2D eigenvalue weighted by molar-refractivity contribution is 14.1. The minimum absolute atomic E-state index is 0.186. The number of halogens is 1. The van der Waals surface area contributed by atoms with Gasteiger partial charge in [-0.3, -0.25) is 4.79 Å². The Balaban J connectivity index is 1.84. The summed E-state index contributed by atoms with van der Waals surface area (Å²) < 4.78 is 1.13. The first-order valence-corrected chi connectivity index (χ1v) is 8.37. The normalized spacial score (nSPS) is 28.8. The van der Waals surface area contributed by atoms with Crippen LogP contribution in [-0.2, 0) is 0 Å². The van der Waals surface area contributed by atoms with Gasteiger partial charge in [0.25, 0.3) is 5.91 Å². The molecule has 0 aromatic heterocycles. The van der Waals surface area contributed by atoms with E-state index < -0.39 is 0 Å². The lowest BCUT2D eigenvalue weighted by molar-refractivity contribution is 0.0778. The van der Waals surface area contributed by atoms with Crippen LogP contribution in [0.5, 0.6) is 0 Å². The third-order valence-corrected chi connectivity index (χ3v) is 5.68. The summed E-state index contributed by atoms with van der Waals surface area (Å²) in [5, 5.41) is 0. The molecule has 1 amide bonds. The van der Waals surface area contributed by atoms with Crippen molar-refractivity contribution in [3.8, 4) is 0 Å². The van der Waals surface area contributed by atoms with Crippen LogP contribution in [0.2, 0.25) is 0 Å². The summed E-state index contributed by atoms with van der Waals surface area (Å²) in [7, 11) is 0. The average molecular weight is 384 g/mol. The number of carbonyl (C=O) groups is 1. The first-order chi connectivity index (χ1) is 9.47. The molecule has 1 saturated carbocycles. The lowest BCUT2D eigenvalue weighted by Gasteiger charge is -2.20. The van der Waals surface area contributed by atoms with Crippen LogP contribution < -0.4 is 5.73 Å². The Morgan fingerprint density at radius 2 is 2.05 bits per heavy atom. The molecule has 4 heteroatoms. The van der Waals surface area contributed by atoms with E-state index in [-0.39, 0.29) is 11.9 Å². The van der Waals surface area contributed by atoms with Crippen molar-refractivity contribution in [1.29, 1.82) is 0 Å². The van der Waals surface area contributed by atoms with Crippen molar-refractivity contribution in [3.63, 3.8) is 0 Å². The number of nitrogens with two attached hydrogens (primary N) is 1. The van der Waals surface area contributed by atoms with Crippen molar-refractivity contribution in [1.82, 2.24) is 4.90 Å². The van der Waals surface area contributed by atoms with Crippen molar-refractivity contribution >= 4 is 28.5 Å². The van der Waals surface area contributed by atoms with E-state index in [0.717, 1.165) is 34.2 Å². The second-order valence-electron chi connectivity index (χ2n) is 6.27. The van der Waals surface area contributed by atoms with Crippen molar-refractivity contribution in [2.24, 2.45) is 17.6 Å². The summed E-state index contributed by atoms with van der Waals surface area (Å²) in [6.07, 6.45) is 2.30. The van der Waals surface area contributed by atoms with E-state index >= 15 is 0 Å². The second kappa shape index (κ2) is 5.30. The van der Waals surface area contributed by atoms with Crippen LogP contribution in [-0.4, -0.2) is 29.9 Å². The molecule has 3 nitrogen and oxygen atoms in total. The molecule has 3 unspecified atom stereocenters. The molecule has 0 bridgehead atoms. The zero-order chi connectivity index (χ0) is 14.4. The molecule has 2 aliphatic rings. The van der Waals surface area contributed by atoms with Gasteiger partial charge in [0.2, 0.25) is 0 Å². The van der Waals surface area contributed by atoms with Gasteiger partial charge >= 0.3 is 0 Å². The monoisotopic (exact) mass is 384 g/mol. The minimum Gasteiger partial charge on any atom is -0.338 e. The fraction of sp³-hybridized carbons (Fsp3) is 0.562. The predicted octanol–water partition coefficient (Wildman–Crippen LogP) is 2.72. The summed E-state index contributed by atoms with van der Waals surface area (Å²) in [5.74, 6) is 1.33. The van der Waals surface area contributed by atoms with Crippen LogP contribution in [0, 0.1) is 29.3 Å². The Kier molecular flexibility index (Phi) is 3.79. The summed E-state index contributed by atoms with van der Waals surface area (Å²) in [6, 6.07) is 4.43. The molecule has 0 spiro atoms. The summed E-state index contributed by atoms with van der Waals surface area (Å²) in [4.78, 5) is 14.8. The van der Waals surface area contributed by atoms with Gasteiger partial charge in [-0.15, -0.1) is 0 Å². The maximum Gasteiger partial charge on any atom is 0.254 e. The third kappa shape index (κ3) is 2.37. The summed E-state index contributed by atoms with van der Waals surface area (Å²) >= 11 is 2.28. The van der Waals surface area contributed by atoms with E-state index in [1.54, 1.807) is 0 Å². The molecular formula is C16H21IN2O. The van der Waals surface area contributed by atoms with E-state index in [1.165, 1.54) is 12.0 Å². The number of nitrogens with zero attached hydrogens (tertiary/aromatic N) is 1. The Labute approximate surface area is 134 Å². The number of benzene rings is 1. The van der Waals surface area contributed by atoms with Gasteiger partial charge in [-0.2, -0.15) is 0 Å². The van der Waals surface area contributed by atoms with Crippen molar-refractivity contribution in [2.75, 3.05) is 13.1 Å². The number of aryl methyl sites for hydroxylation is 1. The average Bonchev–Trinajstić information content (AvgIpc) is 2.96. The molecule has 1 aromatic rings. The van der Waals surface area contributed by atoms with Crippen molar-refractivity contribution < 1.29 is 4.79 Å². The van der Waals surface area contributed by atoms with Crippen LogP contribution in [0.3, 0.4) is 0 Å². The predicted molar refractivity (Wildman–Crippen MR) is 88.7 cm³/mol. The molecule has 1 aliphatic heterocycles. The molecule has 2 fully saturated rings. The largest absolute Gasteiger partial charge is 0.338 e. The van der Waals surface area contributed by atoms with Gasteiger partial charge in [0.15, 0.2) is 0 Å². The summed E-state index contributed by atoms with van der Waals surface area (Å²) in [6.45, 7) is 5.85. The molecule has 1 saturated heterocycles. The fourth-order valence-electron chi connectivity index (χ4n) is 3.68. The standard InChI is InChI=1S/C16H21IN2O/c1-9-5-12(17)6-13(10(9)2)16(20)19-7-11-3-4-15(18)14(11)8-19/h5-6,11,14-15H,3-4,7-8,18H2,1-2H3. The number of rotatable bonds is 1. The summed E-state index contributed by atoms with van der Waals surface area (Å²) in [5.41, 5.74) is 9.32. The smallest absolute Gasteiger partial charge is 0.254 e. The number of fused-ring (bicyclic) bond motifs is 1. The maximum atomic E-state index is 12.8. The SMILES string of the molecule is Cc1cc(I)cc(C(=O)N2CC3CCC(N)C3C2)c1C. The quantitative estimate of drug-likeness (QED) is 0.757. The molecule has 2 N–H and O–H groups in total. The molecule has 1 aliphatic carbocycles. The van der Waals surface area contributed by atoms with Crippen LogP contribution in [0.4, 0.5) is 0 Å². The maximum absolute atomic E-state index is 12.8. The number of amides is 1. The van der Waals surface area contributed by atoms with E-state index in [0.29, 0.717) is 11.8 Å². The van der Waals surface area contributed by atoms with Gasteiger partial charge in [0, 0.05) is 28.3 Å². The van der Waals surface area contributed by atoms with Gasteiger partial charge in [-0.25, -0.2) is 0 Å². The first-order valence-electron chi connectivity index (χ1n) is 7.29. The zero-order valence-electron chi connectivity index (χ0n) is 12.0. The van der Waals surface area contributed by atoms with Crippen LogP contribution >= 0.6 is 22.6 Å². The lowest BCUT2D eigenvalue weighted by Crippen LogP contribution is -2.33. The number of carbonyl (C=O) groups excluding carboxylic acids is 1. The molecule has 3 rings (SSSR count). The first kappa shape index (κ1) is 14.3. The van der Waals surface area contributed by atoms with Gasteiger partial charge < -0.3 is 10.6 Å². The number of likely N-dealkylation sites (tertiary alicyclic amines) is 1. The molecule has 20 heavy (non-hydrogen) atoms. The van der Waals surface area contributed by atoms with Gasteiger partial charge in [-0.1, -0.05) is 0 Å².